The van der Waals surface area contributed by atoms with Crippen LogP contribution in [-0.4, -0.2) is 50.2 Å². The van der Waals surface area contributed by atoms with Gasteiger partial charge in [0.1, 0.15) is 11.6 Å². The van der Waals surface area contributed by atoms with Crippen molar-refractivity contribution in [1.82, 2.24) is 30.0 Å². The number of aromatic nitrogens is 4. The Balaban J connectivity index is 1.26. The average molecular weight is 419 g/mol. The van der Waals surface area contributed by atoms with Gasteiger partial charge in [0.25, 0.3) is 0 Å². The minimum atomic E-state index is 0.0727. The van der Waals surface area contributed by atoms with E-state index in [0.29, 0.717) is 6.54 Å². The van der Waals surface area contributed by atoms with Gasteiger partial charge in [0.15, 0.2) is 0 Å². The largest absolute Gasteiger partial charge is 0.352 e. The lowest BCUT2D eigenvalue weighted by molar-refractivity contribution is -0.122. The number of benzene rings is 1. The molecular weight excluding hydrogens is 388 g/mol. The standard InChI is InChI=1S/C24H30N6O/c1-29(17-20-11-14-25-15-12-20)18-24(31)26-21-8-10-23-28-27-22(30(23)16-13-21)9-7-19-5-3-2-4-6-19/h2-6,11-12,14-15,21H,7-10,13,16-18H2,1H3,(H,26,31). The molecule has 1 atom stereocenters. The predicted octanol–water partition coefficient (Wildman–Crippen LogP) is 2.41. The van der Waals surface area contributed by atoms with Crippen molar-refractivity contribution >= 4 is 5.91 Å². The third-order valence-electron chi connectivity index (χ3n) is 5.78. The highest BCUT2D eigenvalue weighted by atomic mass is 16.2. The number of amides is 1. The number of carbonyl (C=O) groups excluding carboxylic acids is 1. The molecule has 3 aromatic rings. The Labute approximate surface area is 183 Å². The summed E-state index contributed by atoms with van der Waals surface area (Å²) in [4.78, 5) is 18.6. The molecule has 1 aliphatic rings. The van der Waals surface area contributed by atoms with Crippen molar-refractivity contribution in [2.24, 2.45) is 0 Å². The summed E-state index contributed by atoms with van der Waals surface area (Å²) in [6, 6.07) is 14.6. The van der Waals surface area contributed by atoms with Gasteiger partial charge in [0, 0.05) is 44.4 Å². The maximum absolute atomic E-state index is 12.6. The van der Waals surface area contributed by atoms with E-state index in [1.807, 2.05) is 30.1 Å². The first-order valence-electron chi connectivity index (χ1n) is 11.0. The number of rotatable bonds is 8. The van der Waals surface area contributed by atoms with E-state index in [-0.39, 0.29) is 11.9 Å². The SMILES string of the molecule is CN(CC(=O)NC1CCc2nnc(CCc3ccccc3)n2CC1)Cc1ccncc1. The van der Waals surface area contributed by atoms with Crippen molar-refractivity contribution in [3.63, 3.8) is 0 Å². The van der Waals surface area contributed by atoms with Crippen molar-refractivity contribution in [2.75, 3.05) is 13.6 Å². The molecule has 1 aromatic carbocycles. The van der Waals surface area contributed by atoms with Crippen LogP contribution in [0.3, 0.4) is 0 Å². The number of hydrogen-bond acceptors (Lipinski definition) is 5. The van der Waals surface area contributed by atoms with Crippen LogP contribution >= 0.6 is 0 Å². The molecule has 0 fully saturated rings. The van der Waals surface area contributed by atoms with E-state index in [4.69, 9.17) is 0 Å². The average Bonchev–Trinajstić information content (AvgIpc) is 3.06. The molecule has 162 valence electrons. The molecule has 3 heterocycles. The second-order valence-corrected chi connectivity index (χ2v) is 8.29. The van der Waals surface area contributed by atoms with Gasteiger partial charge in [0.05, 0.1) is 6.54 Å². The first-order valence-corrected chi connectivity index (χ1v) is 11.0. The van der Waals surface area contributed by atoms with E-state index < -0.39 is 0 Å². The van der Waals surface area contributed by atoms with Gasteiger partial charge in [-0.15, -0.1) is 10.2 Å². The molecule has 7 heteroatoms. The van der Waals surface area contributed by atoms with Crippen LogP contribution in [0.25, 0.3) is 0 Å². The minimum absolute atomic E-state index is 0.0727. The molecule has 1 unspecified atom stereocenters. The molecule has 0 bridgehead atoms. The zero-order valence-corrected chi connectivity index (χ0v) is 18.1. The summed E-state index contributed by atoms with van der Waals surface area (Å²) in [6.45, 7) is 1.96. The zero-order chi connectivity index (χ0) is 21.5. The van der Waals surface area contributed by atoms with Crippen molar-refractivity contribution in [3.05, 3.63) is 77.6 Å². The monoisotopic (exact) mass is 418 g/mol. The van der Waals surface area contributed by atoms with Gasteiger partial charge in [-0.2, -0.15) is 0 Å². The second-order valence-electron chi connectivity index (χ2n) is 8.29. The Morgan fingerprint density at radius 3 is 2.68 bits per heavy atom. The fourth-order valence-electron chi connectivity index (χ4n) is 4.15. The molecule has 1 aliphatic heterocycles. The lowest BCUT2D eigenvalue weighted by Gasteiger charge is -2.20. The number of likely N-dealkylation sites (N-methyl/N-ethyl adjacent to an activating group) is 1. The van der Waals surface area contributed by atoms with Gasteiger partial charge in [-0.1, -0.05) is 30.3 Å². The summed E-state index contributed by atoms with van der Waals surface area (Å²) in [6.07, 6.45) is 8.05. The van der Waals surface area contributed by atoms with Gasteiger partial charge in [-0.25, -0.2) is 0 Å². The number of hydrogen-bond donors (Lipinski definition) is 1. The first kappa shape index (κ1) is 21.2. The Hall–Kier alpha value is -3.06. The zero-order valence-electron chi connectivity index (χ0n) is 18.1. The van der Waals surface area contributed by atoms with Crippen molar-refractivity contribution in [1.29, 1.82) is 0 Å². The molecule has 0 saturated carbocycles. The van der Waals surface area contributed by atoms with Gasteiger partial charge in [0.2, 0.25) is 5.91 Å². The lowest BCUT2D eigenvalue weighted by atomic mass is 10.1. The molecule has 0 spiro atoms. The molecule has 2 aromatic heterocycles. The number of nitrogens with one attached hydrogen (secondary N) is 1. The summed E-state index contributed by atoms with van der Waals surface area (Å²) in [7, 11) is 1.97. The topological polar surface area (TPSA) is 75.9 Å². The Morgan fingerprint density at radius 2 is 1.87 bits per heavy atom. The highest BCUT2D eigenvalue weighted by molar-refractivity contribution is 5.78. The van der Waals surface area contributed by atoms with Gasteiger partial charge >= 0.3 is 0 Å². The van der Waals surface area contributed by atoms with Crippen molar-refractivity contribution in [2.45, 2.75) is 51.2 Å². The maximum Gasteiger partial charge on any atom is 0.234 e. The molecule has 1 amide bonds. The molecular formula is C24H30N6O. The smallest absolute Gasteiger partial charge is 0.234 e. The number of fused-ring (bicyclic) bond motifs is 1. The van der Waals surface area contributed by atoms with Crippen LogP contribution < -0.4 is 5.32 Å². The number of nitrogens with zero attached hydrogens (tertiary/aromatic N) is 5. The summed E-state index contributed by atoms with van der Waals surface area (Å²) < 4.78 is 2.25. The summed E-state index contributed by atoms with van der Waals surface area (Å²) in [5, 5.41) is 12.1. The Morgan fingerprint density at radius 1 is 1.06 bits per heavy atom. The third kappa shape index (κ3) is 5.98. The van der Waals surface area contributed by atoms with Crippen LogP contribution in [-0.2, 0) is 37.1 Å². The fraction of sp³-hybridized carbons (Fsp3) is 0.417. The third-order valence-corrected chi connectivity index (χ3v) is 5.78. The van der Waals surface area contributed by atoms with Crippen LogP contribution in [0.4, 0.5) is 0 Å². The van der Waals surface area contributed by atoms with Gasteiger partial charge < -0.3 is 9.88 Å². The Kier molecular flexibility index (Phi) is 7.04. The van der Waals surface area contributed by atoms with Crippen LogP contribution in [0.5, 0.6) is 0 Å². The number of carbonyl (C=O) groups is 1. The second kappa shape index (κ2) is 10.3. The van der Waals surface area contributed by atoms with Crippen molar-refractivity contribution < 1.29 is 4.79 Å². The summed E-state index contributed by atoms with van der Waals surface area (Å²) in [5.74, 6) is 2.15. The molecule has 1 N–H and O–H groups in total. The van der Waals surface area contributed by atoms with E-state index in [1.165, 1.54) is 5.56 Å². The molecule has 0 saturated heterocycles. The predicted molar refractivity (Wildman–Crippen MR) is 119 cm³/mol. The summed E-state index contributed by atoms with van der Waals surface area (Å²) >= 11 is 0. The number of aryl methyl sites for hydroxylation is 3. The van der Waals surface area contributed by atoms with E-state index in [9.17, 15) is 4.79 Å². The molecule has 7 nitrogen and oxygen atoms in total. The molecule has 31 heavy (non-hydrogen) atoms. The van der Waals surface area contributed by atoms with Crippen LogP contribution in [0.1, 0.15) is 35.6 Å². The quantitative estimate of drug-likeness (QED) is 0.608. The maximum atomic E-state index is 12.6. The van der Waals surface area contributed by atoms with Gasteiger partial charge in [-0.05, 0) is 49.6 Å². The van der Waals surface area contributed by atoms with E-state index in [1.54, 1.807) is 12.4 Å². The molecule has 4 rings (SSSR count). The minimum Gasteiger partial charge on any atom is -0.352 e. The van der Waals surface area contributed by atoms with E-state index >= 15 is 0 Å². The highest BCUT2D eigenvalue weighted by Crippen LogP contribution is 2.17. The highest BCUT2D eigenvalue weighted by Gasteiger charge is 2.21. The van der Waals surface area contributed by atoms with Crippen LogP contribution in [0.2, 0.25) is 0 Å². The Bertz CT molecular complexity index is 972. The van der Waals surface area contributed by atoms with Crippen LogP contribution in [0.15, 0.2) is 54.9 Å². The fourth-order valence-corrected chi connectivity index (χ4v) is 4.15. The van der Waals surface area contributed by atoms with E-state index in [0.717, 1.165) is 62.4 Å². The number of pyridine rings is 1. The molecule has 0 aliphatic carbocycles. The lowest BCUT2D eigenvalue weighted by Crippen LogP contribution is -2.41. The van der Waals surface area contributed by atoms with Crippen molar-refractivity contribution in [3.8, 4) is 0 Å². The summed E-state index contributed by atoms with van der Waals surface area (Å²) in [5.41, 5.74) is 2.47. The van der Waals surface area contributed by atoms with Gasteiger partial charge in [-0.3, -0.25) is 14.7 Å². The normalized spacial score (nSPS) is 16.0. The molecule has 0 radical (unpaired) electrons. The van der Waals surface area contributed by atoms with Crippen LogP contribution in [0, 0.1) is 0 Å². The van der Waals surface area contributed by atoms with E-state index in [2.05, 4.69) is 49.3 Å². The first-order chi connectivity index (χ1) is 15.2.